The standard InChI is InChI=1S/C12H15ClN2O2S2/c13-7-3-4-8-19(16,17)14-9-12-15-10-5-1-2-6-11(10)18-12/h1-2,5-6,14H,3-4,7-9H2. The van der Waals surface area contributed by atoms with Gasteiger partial charge in [0.25, 0.3) is 0 Å². The summed E-state index contributed by atoms with van der Waals surface area (Å²) in [7, 11) is -3.23. The van der Waals surface area contributed by atoms with E-state index >= 15 is 0 Å². The molecule has 19 heavy (non-hydrogen) atoms. The number of fused-ring (bicyclic) bond motifs is 1. The number of alkyl halides is 1. The summed E-state index contributed by atoms with van der Waals surface area (Å²) in [6.45, 7) is 0.253. The second kappa shape index (κ2) is 6.65. The lowest BCUT2D eigenvalue weighted by Crippen LogP contribution is -2.25. The fourth-order valence-corrected chi connectivity index (χ4v) is 3.90. The summed E-state index contributed by atoms with van der Waals surface area (Å²) in [6.07, 6.45) is 1.29. The minimum absolute atomic E-state index is 0.116. The Morgan fingerprint density at radius 1 is 1.26 bits per heavy atom. The van der Waals surface area contributed by atoms with Crippen LogP contribution in [0, 0.1) is 0 Å². The van der Waals surface area contributed by atoms with E-state index < -0.39 is 10.0 Å². The first-order chi connectivity index (χ1) is 9.11. The van der Waals surface area contributed by atoms with Gasteiger partial charge in [-0.3, -0.25) is 0 Å². The molecule has 1 aromatic carbocycles. The van der Waals surface area contributed by atoms with Crippen molar-refractivity contribution in [2.45, 2.75) is 19.4 Å². The zero-order valence-corrected chi connectivity index (χ0v) is 12.7. The molecule has 0 aliphatic rings. The molecule has 1 heterocycles. The van der Waals surface area contributed by atoms with Gasteiger partial charge in [-0.25, -0.2) is 18.1 Å². The van der Waals surface area contributed by atoms with E-state index in [1.54, 1.807) is 0 Å². The van der Waals surface area contributed by atoms with Crippen LogP contribution in [0.3, 0.4) is 0 Å². The van der Waals surface area contributed by atoms with Crippen molar-refractivity contribution in [2.24, 2.45) is 0 Å². The second-order valence-electron chi connectivity index (χ2n) is 4.11. The van der Waals surface area contributed by atoms with E-state index in [0.29, 0.717) is 18.7 Å². The Labute approximate surface area is 121 Å². The van der Waals surface area contributed by atoms with Crippen molar-refractivity contribution in [1.29, 1.82) is 0 Å². The van der Waals surface area contributed by atoms with Gasteiger partial charge in [0.1, 0.15) is 5.01 Å². The average molecular weight is 319 g/mol. The molecule has 0 aliphatic heterocycles. The van der Waals surface area contributed by atoms with Gasteiger partial charge in [0.2, 0.25) is 10.0 Å². The van der Waals surface area contributed by atoms with Gasteiger partial charge in [0, 0.05) is 5.88 Å². The molecule has 2 aromatic rings. The van der Waals surface area contributed by atoms with Crippen molar-refractivity contribution >= 4 is 43.2 Å². The van der Waals surface area contributed by atoms with E-state index in [9.17, 15) is 8.42 Å². The van der Waals surface area contributed by atoms with Crippen molar-refractivity contribution in [3.8, 4) is 0 Å². The van der Waals surface area contributed by atoms with Crippen LogP contribution in [0.2, 0.25) is 0 Å². The van der Waals surface area contributed by atoms with E-state index in [2.05, 4.69) is 9.71 Å². The first-order valence-corrected chi connectivity index (χ1v) is 8.99. The number of nitrogens with one attached hydrogen (secondary N) is 1. The molecule has 0 unspecified atom stereocenters. The van der Waals surface area contributed by atoms with Gasteiger partial charge in [-0.15, -0.1) is 22.9 Å². The highest BCUT2D eigenvalue weighted by atomic mass is 35.5. The maximum Gasteiger partial charge on any atom is 0.211 e. The molecule has 0 amide bonds. The Kier molecular flexibility index (Phi) is 5.15. The third-order valence-electron chi connectivity index (χ3n) is 2.58. The Morgan fingerprint density at radius 2 is 2.05 bits per heavy atom. The summed E-state index contributed by atoms with van der Waals surface area (Å²) in [5.74, 6) is 0.609. The summed E-state index contributed by atoms with van der Waals surface area (Å²) in [4.78, 5) is 4.38. The molecular weight excluding hydrogens is 304 g/mol. The second-order valence-corrected chi connectivity index (χ2v) is 7.53. The van der Waals surface area contributed by atoms with Crippen molar-refractivity contribution in [3.05, 3.63) is 29.3 Å². The van der Waals surface area contributed by atoms with Gasteiger partial charge in [0.15, 0.2) is 0 Å². The predicted octanol–water partition coefficient (Wildman–Crippen LogP) is 2.73. The number of rotatable bonds is 7. The number of nitrogens with zero attached hydrogens (tertiary/aromatic N) is 1. The number of sulfonamides is 1. The van der Waals surface area contributed by atoms with Crippen LogP contribution in [0.1, 0.15) is 17.8 Å². The molecule has 104 valence electrons. The number of hydrogen-bond acceptors (Lipinski definition) is 4. The number of benzene rings is 1. The molecule has 4 nitrogen and oxygen atoms in total. The van der Waals surface area contributed by atoms with Crippen molar-refractivity contribution < 1.29 is 8.42 Å². The van der Waals surface area contributed by atoms with E-state index in [1.165, 1.54) is 11.3 Å². The molecule has 0 aliphatic carbocycles. The van der Waals surface area contributed by atoms with Crippen LogP contribution >= 0.6 is 22.9 Å². The normalized spacial score (nSPS) is 12.1. The Balaban J connectivity index is 1.94. The molecule has 0 fully saturated rings. The summed E-state index contributed by atoms with van der Waals surface area (Å²) in [5, 5.41) is 0.780. The molecule has 0 saturated carbocycles. The lowest BCUT2D eigenvalue weighted by atomic mass is 10.3. The molecule has 0 spiro atoms. The highest BCUT2D eigenvalue weighted by Crippen LogP contribution is 2.21. The first kappa shape index (κ1) is 14.7. The van der Waals surface area contributed by atoms with E-state index in [1.807, 2.05) is 24.3 Å². The number of aromatic nitrogens is 1. The Morgan fingerprint density at radius 3 is 2.79 bits per heavy atom. The topological polar surface area (TPSA) is 59.1 Å². The Hall–Kier alpha value is -0.690. The average Bonchev–Trinajstić information content (AvgIpc) is 2.79. The van der Waals surface area contributed by atoms with Crippen molar-refractivity contribution in [1.82, 2.24) is 9.71 Å². The van der Waals surface area contributed by atoms with Crippen LogP contribution in [0.15, 0.2) is 24.3 Å². The minimum Gasteiger partial charge on any atom is -0.240 e. The SMILES string of the molecule is O=S(=O)(CCCCCl)NCc1nc2ccccc2s1. The number of unbranched alkanes of at least 4 members (excludes halogenated alkanes) is 1. The number of thiazole rings is 1. The first-order valence-electron chi connectivity index (χ1n) is 5.98. The number of hydrogen-bond donors (Lipinski definition) is 1. The van der Waals surface area contributed by atoms with E-state index in [0.717, 1.165) is 15.2 Å². The fourth-order valence-electron chi connectivity index (χ4n) is 1.63. The van der Waals surface area contributed by atoms with Gasteiger partial charge in [0.05, 0.1) is 22.5 Å². The van der Waals surface area contributed by atoms with Crippen molar-refractivity contribution in [3.63, 3.8) is 0 Å². The van der Waals surface area contributed by atoms with Gasteiger partial charge in [-0.1, -0.05) is 12.1 Å². The van der Waals surface area contributed by atoms with Crippen LogP contribution in [0.5, 0.6) is 0 Å². The molecule has 0 atom stereocenters. The fraction of sp³-hybridized carbons (Fsp3) is 0.417. The number of para-hydroxylation sites is 1. The van der Waals surface area contributed by atoms with Gasteiger partial charge in [-0.2, -0.15) is 0 Å². The summed E-state index contributed by atoms with van der Waals surface area (Å²) in [6, 6.07) is 7.76. The quantitative estimate of drug-likeness (QED) is 0.631. The summed E-state index contributed by atoms with van der Waals surface area (Å²) < 4.78 is 27.1. The molecular formula is C12H15ClN2O2S2. The molecule has 7 heteroatoms. The lowest BCUT2D eigenvalue weighted by Gasteiger charge is -2.03. The lowest BCUT2D eigenvalue weighted by molar-refractivity contribution is 0.578. The smallest absolute Gasteiger partial charge is 0.211 e. The largest absolute Gasteiger partial charge is 0.240 e. The molecule has 1 N–H and O–H groups in total. The number of halogens is 1. The van der Waals surface area contributed by atoms with Crippen LogP contribution < -0.4 is 4.72 Å². The van der Waals surface area contributed by atoms with Gasteiger partial charge < -0.3 is 0 Å². The molecule has 0 bridgehead atoms. The molecule has 2 rings (SSSR count). The molecule has 0 saturated heterocycles. The maximum atomic E-state index is 11.7. The Bertz CT molecular complexity index is 607. The molecule has 1 aromatic heterocycles. The predicted molar refractivity (Wildman–Crippen MR) is 80.2 cm³/mol. The van der Waals surface area contributed by atoms with Crippen molar-refractivity contribution in [2.75, 3.05) is 11.6 Å². The summed E-state index contributed by atoms with van der Waals surface area (Å²) in [5.41, 5.74) is 0.906. The van der Waals surface area contributed by atoms with E-state index in [-0.39, 0.29) is 12.3 Å². The van der Waals surface area contributed by atoms with Gasteiger partial charge >= 0.3 is 0 Å². The third kappa shape index (κ3) is 4.42. The third-order valence-corrected chi connectivity index (χ3v) is 5.29. The highest BCUT2D eigenvalue weighted by Gasteiger charge is 2.11. The van der Waals surface area contributed by atoms with Crippen LogP contribution in [-0.2, 0) is 16.6 Å². The van der Waals surface area contributed by atoms with Crippen LogP contribution in [-0.4, -0.2) is 25.0 Å². The zero-order chi connectivity index (χ0) is 13.7. The summed E-state index contributed by atoms with van der Waals surface area (Å²) >= 11 is 7.03. The highest BCUT2D eigenvalue weighted by molar-refractivity contribution is 7.89. The molecule has 0 radical (unpaired) electrons. The monoisotopic (exact) mass is 318 g/mol. The van der Waals surface area contributed by atoms with Crippen LogP contribution in [0.4, 0.5) is 0 Å². The maximum absolute atomic E-state index is 11.7. The van der Waals surface area contributed by atoms with Gasteiger partial charge in [-0.05, 0) is 25.0 Å². The van der Waals surface area contributed by atoms with E-state index in [4.69, 9.17) is 11.6 Å². The zero-order valence-electron chi connectivity index (χ0n) is 10.3. The van der Waals surface area contributed by atoms with Crippen LogP contribution in [0.25, 0.3) is 10.2 Å². The minimum atomic E-state index is -3.23.